The number of carbonyl (C=O) groups excluding carboxylic acids is 1. The molecule has 0 saturated carbocycles. The van der Waals surface area contributed by atoms with Crippen molar-refractivity contribution in [2.45, 2.75) is 38.5 Å². The van der Waals surface area contributed by atoms with Crippen molar-refractivity contribution in [3.63, 3.8) is 0 Å². The van der Waals surface area contributed by atoms with E-state index in [0.29, 0.717) is 5.76 Å². The Kier molecular flexibility index (Phi) is 5.16. The van der Waals surface area contributed by atoms with Crippen molar-refractivity contribution in [2.75, 3.05) is 20.3 Å². The lowest BCUT2D eigenvalue weighted by Crippen LogP contribution is -2.52. The van der Waals surface area contributed by atoms with Gasteiger partial charge in [0.2, 0.25) is 0 Å². The second-order valence-corrected chi connectivity index (χ2v) is 5.11. The molecule has 2 N–H and O–H groups in total. The van der Waals surface area contributed by atoms with Crippen LogP contribution in [0.5, 0.6) is 0 Å². The van der Waals surface area contributed by atoms with Crippen molar-refractivity contribution in [1.29, 1.82) is 0 Å². The van der Waals surface area contributed by atoms with Crippen LogP contribution in [-0.4, -0.2) is 59.4 Å². The molecule has 0 aromatic heterocycles. The Morgan fingerprint density at radius 2 is 2.26 bits per heavy atom. The molecule has 2 atom stereocenters. The van der Waals surface area contributed by atoms with Gasteiger partial charge in [-0.2, -0.15) is 5.06 Å². The first-order valence-electron chi connectivity index (χ1n) is 5.98. The Labute approximate surface area is 112 Å². The number of aliphatic hydroxyl groups excluding tert-OH is 2. The van der Waals surface area contributed by atoms with Gasteiger partial charge in [0.1, 0.15) is 23.5 Å². The summed E-state index contributed by atoms with van der Waals surface area (Å²) in [6.45, 7) is 4.75. The van der Waals surface area contributed by atoms with Crippen molar-refractivity contribution in [3.8, 4) is 0 Å². The molecule has 0 spiro atoms. The lowest BCUT2D eigenvalue weighted by Gasteiger charge is -2.36. The molecule has 0 unspecified atom stereocenters. The minimum atomic E-state index is -1.22. The number of hydrogen-bond donors (Lipinski definition) is 2. The average Bonchev–Trinajstić information content (AvgIpc) is 2.34. The van der Waals surface area contributed by atoms with Crippen LogP contribution in [-0.2, 0) is 14.3 Å². The van der Waals surface area contributed by atoms with E-state index in [-0.39, 0.29) is 6.61 Å². The van der Waals surface area contributed by atoms with Crippen molar-refractivity contribution in [2.24, 2.45) is 0 Å². The summed E-state index contributed by atoms with van der Waals surface area (Å²) >= 11 is 0. The summed E-state index contributed by atoms with van der Waals surface area (Å²) in [6, 6.07) is -0.932. The summed E-state index contributed by atoms with van der Waals surface area (Å²) in [4.78, 5) is 17.2. The maximum Gasteiger partial charge on any atom is 0.435 e. The fraction of sp³-hybridized carbons (Fsp3) is 0.750. The van der Waals surface area contributed by atoms with Gasteiger partial charge in [0, 0.05) is 0 Å². The van der Waals surface area contributed by atoms with Crippen LogP contribution in [0.3, 0.4) is 0 Å². The van der Waals surface area contributed by atoms with Crippen LogP contribution in [0.4, 0.5) is 4.79 Å². The number of amides is 1. The second-order valence-electron chi connectivity index (χ2n) is 5.11. The maximum atomic E-state index is 12.0. The Balaban J connectivity index is 2.91. The number of hydrogen-bond acceptors (Lipinski definition) is 6. The zero-order chi connectivity index (χ0) is 14.6. The van der Waals surface area contributed by atoms with Crippen LogP contribution in [0.15, 0.2) is 11.8 Å². The van der Waals surface area contributed by atoms with Gasteiger partial charge in [-0.1, -0.05) is 0 Å². The first kappa shape index (κ1) is 15.7. The molecule has 0 radical (unpaired) electrons. The topological polar surface area (TPSA) is 88.5 Å². The Morgan fingerprint density at radius 3 is 2.74 bits per heavy atom. The molecule has 1 heterocycles. The molecule has 0 aliphatic carbocycles. The number of rotatable bonds is 3. The third-order valence-corrected chi connectivity index (χ3v) is 2.40. The predicted molar refractivity (Wildman–Crippen MR) is 66.0 cm³/mol. The Bertz CT molecular complexity index is 349. The summed E-state index contributed by atoms with van der Waals surface area (Å²) in [5, 5.41) is 19.8. The van der Waals surface area contributed by atoms with Crippen LogP contribution in [0.2, 0.25) is 0 Å². The highest BCUT2D eigenvalue weighted by molar-refractivity contribution is 5.68. The molecular weight excluding hydrogens is 254 g/mol. The van der Waals surface area contributed by atoms with E-state index >= 15 is 0 Å². The van der Waals surface area contributed by atoms with Gasteiger partial charge in [0.15, 0.2) is 0 Å². The molecule has 0 saturated heterocycles. The van der Waals surface area contributed by atoms with Crippen molar-refractivity contribution in [1.82, 2.24) is 5.06 Å². The van der Waals surface area contributed by atoms with E-state index in [1.807, 2.05) is 0 Å². The molecule has 1 aliphatic heterocycles. The van der Waals surface area contributed by atoms with E-state index in [2.05, 4.69) is 0 Å². The third-order valence-electron chi connectivity index (χ3n) is 2.40. The van der Waals surface area contributed by atoms with Crippen molar-refractivity contribution < 1.29 is 29.3 Å². The number of nitrogens with zero attached hydrogens (tertiary/aromatic N) is 1. The molecule has 1 rings (SSSR count). The molecular formula is C12H21NO6. The first-order chi connectivity index (χ1) is 8.80. The van der Waals surface area contributed by atoms with Crippen molar-refractivity contribution in [3.05, 3.63) is 11.8 Å². The van der Waals surface area contributed by atoms with Gasteiger partial charge >= 0.3 is 6.09 Å². The number of aliphatic hydroxyl groups is 2. The lowest BCUT2D eigenvalue weighted by atomic mass is 10.1. The monoisotopic (exact) mass is 275 g/mol. The second kappa shape index (κ2) is 6.23. The summed E-state index contributed by atoms with van der Waals surface area (Å²) in [5.41, 5.74) is -0.691. The minimum Gasteiger partial charge on any atom is -0.499 e. The predicted octanol–water partition coefficient (Wildman–Crippen LogP) is 0.421. The van der Waals surface area contributed by atoms with Crippen LogP contribution in [0.1, 0.15) is 20.8 Å². The normalized spacial score (nSPS) is 21.7. The van der Waals surface area contributed by atoms with Gasteiger partial charge < -0.3 is 19.7 Å². The van der Waals surface area contributed by atoms with E-state index in [1.54, 1.807) is 26.8 Å². The lowest BCUT2D eigenvalue weighted by molar-refractivity contribution is -0.191. The quantitative estimate of drug-likeness (QED) is 0.776. The molecule has 7 nitrogen and oxygen atoms in total. The largest absolute Gasteiger partial charge is 0.499 e. The van der Waals surface area contributed by atoms with E-state index in [1.165, 1.54) is 7.11 Å². The van der Waals surface area contributed by atoms with Crippen LogP contribution in [0, 0.1) is 0 Å². The molecule has 110 valence electrons. The molecule has 0 aromatic carbocycles. The fourth-order valence-corrected chi connectivity index (χ4v) is 1.64. The Morgan fingerprint density at radius 1 is 1.63 bits per heavy atom. The van der Waals surface area contributed by atoms with E-state index < -0.39 is 30.4 Å². The van der Waals surface area contributed by atoms with Gasteiger partial charge in [0.05, 0.1) is 20.3 Å². The van der Waals surface area contributed by atoms with Gasteiger partial charge in [-0.25, -0.2) is 4.79 Å². The van der Waals surface area contributed by atoms with E-state index in [0.717, 1.165) is 5.06 Å². The zero-order valence-electron chi connectivity index (χ0n) is 11.6. The summed E-state index contributed by atoms with van der Waals surface area (Å²) in [5.74, 6) is 0.346. The van der Waals surface area contributed by atoms with Crippen molar-refractivity contribution >= 4 is 6.09 Å². The zero-order valence-corrected chi connectivity index (χ0v) is 11.6. The van der Waals surface area contributed by atoms with Gasteiger partial charge in [-0.05, 0) is 26.8 Å². The molecule has 1 amide bonds. The number of hydroxylamine groups is 2. The third kappa shape index (κ3) is 4.09. The molecule has 0 bridgehead atoms. The number of methoxy groups -OCH3 is 1. The van der Waals surface area contributed by atoms with E-state index in [9.17, 15) is 9.90 Å². The van der Waals surface area contributed by atoms with E-state index in [4.69, 9.17) is 19.4 Å². The number of ether oxygens (including phenoxy) is 2. The van der Waals surface area contributed by atoms with Crippen LogP contribution >= 0.6 is 0 Å². The standard InChI is InChI=1S/C12H21NO6/c1-12(2,3)19-11(16)13-10(8(15)7-14)9(17-4)5-6-18-13/h5,8,10,14-15H,6-7H2,1-4H3/t8-,10-/m1/s1. The highest BCUT2D eigenvalue weighted by Crippen LogP contribution is 2.23. The molecule has 7 heteroatoms. The molecule has 19 heavy (non-hydrogen) atoms. The molecule has 0 aromatic rings. The average molecular weight is 275 g/mol. The van der Waals surface area contributed by atoms with Gasteiger partial charge in [-0.15, -0.1) is 0 Å². The summed E-state index contributed by atoms with van der Waals surface area (Å²) in [7, 11) is 1.42. The first-order valence-corrected chi connectivity index (χ1v) is 5.98. The smallest absolute Gasteiger partial charge is 0.435 e. The van der Waals surface area contributed by atoms with Crippen LogP contribution < -0.4 is 0 Å². The molecule has 1 aliphatic rings. The van der Waals surface area contributed by atoms with Gasteiger partial charge in [-0.3, -0.25) is 4.84 Å². The SMILES string of the molecule is COC1=CCON(C(=O)OC(C)(C)C)[C@@H]1[C@H](O)CO. The maximum absolute atomic E-state index is 12.0. The Hall–Kier alpha value is -1.31. The summed E-state index contributed by atoms with van der Waals surface area (Å²) < 4.78 is 10.3. The fourth-order valence-electron chi connectivity index (χ4n) is 1.64. The summed E-state index contributed by atoms with van der Waals surface area (Å²) in [6.07, 6.45) is -0.378. The highest BCUT2D eigenvalue weighted by atomic mass is 16.7. The minimum absolute atomic E-state index is 0.122. The number of carbonyl (C=O) groups is 1. The molecule has 0 fully saturated rings. The van der Waals surface area contributed by atoms with Crippen LogP contribution in [0.25, 0.3) is 0 Å². The van der Waals surface area contributed by atoms with Gasteiger partial charge in [0.25, 0.3) is 0 Å². The highest BCUT2D eigenvalue weighted by Gasteiger charge is 2.39.